The number of aromatic nitrogens is 1. The summed E-state index contributed by atoms with van der Waals surface area (Å²) in [6.45, 7) is 9.27. The minimum absolute atomic E-state index is 0.0531. The topological polar surface area (TPSA) is 67.2 Å². The first-order valence-electron chi connectivity index (χ1n) is 7.34. The molecule has 0 aliphatic heterocycles. The Morgan fingerprint density at radius 3 is 2.77 bits per heavy atom. The Kier molecular flexibility index (Phi) is 5.37. The van der Waals surface area contributed by atoms with Gasteiger partial charge in [-0.3, -0.25) is 4.79 Å². The van der Waals surface area contributed by atoms with Crippen LogP contribution in [0.4, 0.5) is 0 Å². The van der Waals surface area contributed by atoms with E-state index in [9.17, 15) is 4.79 Å². The number of nitrogens with one attached hydrogen (secondary N) is 2. The van der Waals surface area contributed by atoms with Crippen LogP contribution in [0.2, 0.25) is 0 Å². The van der Waals surface area contributed by atoms with E-state index in [1.165, 1.54) is 0 Å². The van der Waals surface area contributed by atoms with Gasteiger partial charge < -0.3 is 15.1 Å². The van der Waals surface area contributed by atoms with Gasteiger partial charge in [-0.2, -0.15) is 0 Å². The van der Waals surface area contributed by atoms with E-state index in [1.54, 1.807) is 23.7 Å². The third kappa shape index (κ3) is 4.68. The maximum absolute atomic E-state index is 12.0. The number of thiazole rings is 1. The lowest BCUT2D eigenvalue weighted by Gasteiger charge is -2.14. The molecule has 2 rings (SSSR count). The SMILES string of the molecule is CC(NCc1csc(C(C)(C)C)n1)C(=O)NCc1ccco1. The molecule has 0 aliphatic rings. The number of carbonyl (C=O) groups is 1. The third-order valence-electron chi connectivity index (χ3n) is 3.19. The van der Waals surface area contributed by atoms with E-state index in [0.717, 1.165) is 16.5 Å². The fraction of sp³-hybridized carbons (Fsp3) is 0.500. The van der Waals surface area contributed by atoms with Gasteiger partial charge in [-0.15, -0.1) is 11.3 Å². The lowest BCUT2D eigenvalue weighted by Crippen LogP contribution is -2.41. The van der Waals surface area contributed by atoms with Gasteiger partial charge in [-0.25, -0.2) is 4.98 Å². The van der Waals surface area contributed by atoms with Gasteiger partial charge in [-0.1, -0.05) is 20.8 Å². The number of furan rings is 1. The first kappa shape index (κ1) is 16.7. The van der Waals surface area contributed by atoms with Gasteiger partial charge in [0, 0.05) is 17.3 Å². The van der Waals surface area contributed by atoms with E-state index in [2.05, 4.69) is 36.4 Å². The Hall–Kier alpha value is -1.66. The van der Waals surface area contributed by atoms with Gasteiger partial charge >= 0.3 is 0 Å². The van der Waals surface area contributed by atoms with Crippen molar-refractivity contribution in [3.63, 3.8) is 0 Å². The van der Waals surface area contributed by atoms with Crippen LogP contribution in [0.3, 0.4) is 0 Å². The van der Waals surface area contributed by atoms with Crippen LogP contribution in [0.5, 0.6) is 0 Å². The van der Waals surface area contributed by atoms with Gasteiger partial charge in [0.1, 0.15) is 5.76 Å². The number of hydrogen-bond donors (Lipinski definition) is 2. The molecule has 0 spiro atoms. The van der Waals surface area contributed by atoms with Crippen molar-refractivity contribution in [2.24, 2.45) is 0 Å². The monoisotopic (exact) mass is 321 g/mol. The average Bonchev–Trinajstić information content (AvgIpc) is 3.12. The van der Waals surface area contributed by atoms with Gasteiger partial charge in [0.15, 0.2) is 0 Å². The molecule has 0 fully saturated rings. The number of nitrogens with zero attached hydrogens (tertiary/aromatic N) is 1. The van der Waals surface area contributed by atoms with Crippen LogP contribution in [0.1, 0.15) is 44.2 Å². The summed E-state index contributed by atoms with van der Waals surface area (Å²) in [4.78, 5) is 16.6. The van der Waals surface area contributed by atoms with Crippen molar-refractivity contribution < 1.29 is 9.21 Å². The molecule has 0 aromatic carbocycles. The molecule has 22 heavy (non-hydrogen) atoms. The van der Waals surface area contributed by atoms with Crippen molar-refractivity contribution >= 4 is 17.2 Å². The maximum Gasteiger partial charge on any atom is 0.237 e. The predicted molar refractivity (Wildman–Crippen MR) is 87.7 cm³/mol. The average molecular weight is 321 g/mol. The van der Waals surface area contributed by atoms with E-state index in [0.29, 0.717) is 13.1 Å². The molecule has 2 N–H and O–H groups in total. The molecule has 0 bridgehead atoms. The van der Waals surface area contributed by atoms with Gasteiger partial charge in [-0.05, 0) is 19.1 Å². The molecule has 1 amide bonds. The summed E-state index contributed by atoms with van der Waals surface area (Å²) in [6, 6.07) is 3.36. The Labute approximate surface area is 135 Å². The summed E-state index contributed by atoms with van der Waals surface area (Å²) in [5, 5.41) is 9.19. The van der Waals surface area contributed by atoms with Crippen molar-refractivity contribution in [1.29, 1.82) is 0 Å². The molecule has 1 unspecified atom stereocenters. The second-order valence-corrected chi connectivity index (χ2v) is 7.15. The summed E-state index contributed by atoms with van der Waals surface area (Å²) in [6.07, 6.45) is 1.60. The molecule has 2 heterocycles. The molecule has 1 atom stereocenters. The number of carbonyl (C=O) groups excluding carboxylic acids is 1. The first-order valence-corrected chi connectivity index (χ1v) is 8.22. The van der Waals surface area contributed by atoms with Crippen LogP contribution in [0.15, 0.2) is 28.2 Å². The van der Waals surface area contributed by atoms with E-state index in [1.807, 2.05) is 18.4 Å². The molecule has 5 nitrogen and oxygen atoms in total. The molecule has 120 valence electrons. The van der Waals surface area contributed by atoms with Crippen molar-refractivity contribution in [3.8, 4) is 0 Å². The quantitative estimate of drug-likeness (QED) is 0.858. The zero-order valence-corrected chi connectivity index (χ0v) is 14.3. The summed E-state index contributed by atoms with van der Waals surface area (Å²) in [5.74, 6) is 0.692. The third-order valence-corrected chi connectivity index (χ3v) is 4.51. The minimum Gasteiger partial charge on any atom is -0.467 e. The lowest BCUT2D eigenvalue weighted by atomic mass is 9.98. The van der Waals surface area contributed by atoms with Crippen molar-refractivity contribution in [2.45, 2.75) is 52.2 Å². The molecule has 0 aliphatic carbocycles. The smallest absolute Gasteiger partial charge is 0.237 e. The zero-order valence-electron chi connectivity index (χ0n) is 13.5. The second-order valence-electron chi connectivity index (χ2n) is 6.29. The Morgan fingerprint density at radius 2 is 2.18 bits per heavy atom. The highest BCUT2D eigenvalue weighted by molar-refractivity contribution is 7.09. The largest absolute Gasteiger partial charge is 0.467 e. The summed E-state index contributed by atoms with van der Waals surface area (Å²) in [7, 11) is 0. The van der Waals surface area contributed by atoms with Gasteiger partial charge in [0.05, 0.1) is 29.6 Å². The highest BCUT2D eigenvalue weighted by Gasteiger charge is 2.18. The second kappa shape index (κ2) is 7.07. The molecule has 2 aromatic rings. The molecule has 0 radical (unpaired) electrons. The highest BCUT2D eigenvalue weighted by atomic mass is 32.1. The van der Waals surface area contributed by atoms with E-state index < -0.39 is 0 Å². The normalized spacial score (nSPS) is 13.1. The summed E-state index contributed by atoms with van der Waals surface area (Å²) in [5.41, 5.74) is 1.04. The van der Waals surface area contributed by atoms with E-state index >= 15 is 0 Å². The van der Waals surface area contributed by atoms with Gasteiger partial charge in [0.25, 0.3) is 0 Å². The first-order chi connectivity index (χ1) is 10.4. The lowest BCUT2D eigenvalue weighted by molar-refractivity contribution is -0.123. The summed E-state index contributed by atoms with van der Waals surface area (Å²) < 4.78 is 5.18. The standard InChI is InChI=1S/C16H23N3O2S/c1-11(14(20)18-9-13-6-5-7-21-13)17-8-12-10-22-15(19-12)16(2,3)4/h5-7,10-11,17H,8-9H2,1-4H3,(H,18,20). The van der Waals surface area contributed by atoms with Gasteiger partial charge in [0.2, 0.25) is 5.91 Å². The Balaban J connectivity index is 1.78. The van der Waals surface area contributed by atoms with Crippen molar-refractivity contribution in [3.05, 3.63) is 40.2 Å². The molecular formula is C16H23N3O2S. The summed E-state index contributed by atoms with van der Waals surface area (Å²) >= 11 is 1.66. The Morgan fingerprint density at radius 1 is 1.41 bits per heavy atom. The van der Waals surface area contributed by atoms with Crippen LogP contribution in [0.25, 0.3) is 0 Å². The molecule has 0 saturated carbocycles. The minimum atomic E-state index is -0.283. The van der Waals surface area contributed by atoms with Crippen LogP contribution < -0.4 is 10.6 Å². The zero-order chi connectivity index (χ0) is 16.2. The maximum atomic E-state index is 12.0. The number of rotatable bonds is 6. The fourth-order valence-corrected chi connectivity index (χ4v) is 2.73. The van der Waals surface area contributed by atoms with Crippen molar-refractivity contribution in [2.75, 3.05) is 0 Å². The van der Waals surface area contributed by atoms with Crippen LogP contribution in [0, 0.1) is 0 Å². The van der Waals surface area contributed by atoms with Crippen LogP contribution in [-0.4, -0.2) is 16.9 Å². The number of amides is 1. The highest BCUT2D eigenvalue weighted by Crippen LogP contribution is 2.25. The molecule has 6 heteroatoms. The van der Waals surface area contributed by atoms with E-state index in [4.69, 9.17) is 4.42 Å². The molecule has 0 saturated heterocycles. The fourth-order valence-electron chi connectivity index (χ4n) is 1.82. The Bertz CT molecular complexity index is 599. The number of hydrogen-bond acceptors (Lipinski definition) is 5. The van der Waals surface area contributed by atoms with Crippen LogP contribution >= 0.6 is 11.3 Å². The van der Waals surface area contributed by atoms with E-state index in [-0.39, 0.29) is 17.4 Å². The predicted octanol–water partition coefficient (Wildman–Crippen LogP) is 2.83. The van der Waals surface area contributed by atoms with Crippen molar-refractivity contribution in [1.82, 2.24) is 15.6 Å². The molecular weight excluding hydrogens is 298 g/mol. The van der Waals surface area contributed by atoms with Crippen LogP contribution in [-0.2, 0) is 23.3 Å². The molecule has 2 aromatic heterocycles.